The number of benzene rings is 1. The van der Waals surface area contributed by atoms with E-state index in [0.717, 1.165) is 31.6 Å². The molecular formula is C18H23N5O. The van der Waals surface area contributed by atoms with Crippen LogP contribution < -0.4 is 15.5 Å². The third-order valence-electron chi connectivity index (χ3n) is 4.08. The smallest absolute Gasteiger partial charge is 0.272 e. The van der Waals surface area contributed by atoms with Crippen LogP contribution in [0.2, 0.25) is 0 Å². The number of hydrogen-bond donors (Lipinski definition) is 2. The van der Waals surface area contributed by atoms with Gasteiger partial charge in [0, 0.05) is 30.5 Å². The van der Waals surface area contributed by atoms with Crippen LogP contribution in [0.25, 0.3) is 0 Å². The van der Waals surface area contributed by atoms with Gasteiger partial charge in [-0.05, 0) is 63.1 Å². The largest absolute Gasteiger partial charge is 0.372 e. The molecule has 0 saturated heterocycles. The Bertz CT molecular complexity index is 676. The van der Waals surface area contributed by atoms with Gasteiger partial charge in [0.2, 0.25) is 0 Å². The quantitative estimate of drug-likeness (QED) is 0.819. The Kier molecular flexibility index (Phi) is 4.93. The van der Waals surface area contributed by atoms with Gasteiger partial charge in [0.15, 0.2) is 11.5 Å². The van der Waals surface area contributed by atoms with Gasteiger partial charge in [-0.1, -0.05) is 0 Å². The van der Waals surface area contributed by atoms with E-state index in [2.05, 4.69) is 51.7 Å². The molecule has 0 atom stereocenters. The van der Waals surface area contributed by atoms with E-state index in [1.54, 1.807) is 12.1 Å². The number of carbonyl (C=O) groups is 1. The van der Waals surface area contributed by atoms with Crippen molar-refractivity contribution in [2.24, 2.45) is 0 Å². The van der Waals surface area contributed by atoms with Crippen LogP contribution in [-0.4, -0.2) is 35.2 Å². The van der Waals surface area contributed by atoms with Gasteiger partial charge in [0.05, 0.1) is 0 Å². The number of nitrogens with one attached hydrogen (secondary N) is 2. The van der Waals surface area contributed by atoms with Gasteiger partial charge in [-0.2, -0.15) is 0 Å². The summed E-state index contributed by atoms with van der Waals surface area (Å²) in [5.41, 5.74) is 2.49. The molecule has 0 unspecified atom stereocenters. The molecular weight excluding hydrogens is 302 g/mol. The number of nitrogens with zero attached hydrogens (tertiary/aromatic N) is 3. The zero-order chi connectivity index (χ0) is 16.9. The minimum Gasteiger partial charge on any atom is -0.372 e. The van der Waals surface area contributed by atoms with E-state index in [0.29, 0.717) is 17.6 Å². The van der Waals surface area contributed by atoms with Crippen molar-refractivity contribution in [1.29, 1.82) is 0 Å². The van der Waals surface area contributed by atoms with Crippen molar-refractivity contribution in [3.05, 3.63) is 42.1 Å². The van der Waals surface area contributed by atoms with Gasteiger partial charge < -0.3 is 15.5 Å². The highest BCUT2D eigenvalue weighted by Crippen LogP contribution is 2.21. The number of amides is 1. The fraction of sp³-hybridized carbons (Fsp3) is 0.389. The zero-order valence-electron chi connectivity index (χ0n) is 14.1. The van der Waals surface area contributed by atoms with Gasteiger partial charge in [-0.25, -0.2) is 0 Å². The third-order valence-corrected chi connectivity index (χ3v) is 4.08. The molecule has 0 aliphatic heterocycles. The number of hydrogen-bond acceptors (Lipinski definition) is 5. The molecule has 1 aliphatic carbocycles. The minimum absolute atomic E-state index is 0.153. The fourth-order valence-electron chi connectivity index (χ4n) is 2.50. The molecule has 1 aliphatic rings. The normalized spacial score (nSPS) is 13.4. The summed E-state index contributed by atoms with van der Waals surface area (Å²) in [6.07, 6.45) is 2.12. The Morgan fingerprint density at radius 2 is 1.79 bits per heavy atom. The van der Waals surface area contributed by atoms with Crippen LogP contribution in [-0.2, 0) is 0 Å². The van der Waals surface area contributed by atoms with Crippen LogP contribution in [0.1, 0.15) is 37.2 Å². The second-order valence-corrected chi connectivity index (χ2v) is 5.90. The predicted molar refractivity (Wildman–Crippen MR) is 95.8 cm³/mol. The maximum Gasteiger partial charge on any atom is 0.272 e. The number of carbonyl (C=O) groups excluding carboxylic acids is 1. The average Bonchev–Trinajstić information content (AvgIpc) is 3.42. The van der Waals surface area contributed by atoms with Crippen molar-refractivity contribution in [3.63, 3.8) is 0 Å². The summed E-state index contributed by atoms with van der Waals surface area (Å²) >= 11 is 0. The molecule has 2 N–H and O–H groups in total. The van der Waals surface area contributed by atoms with E-state index in [1.165, 1.54) is 5.69 Å². The van der Waals surface area contributed by atoms with E-state index >= 15 is 0 Å². The standard InChI is InChI=1S/C18H23N5O/c1-3-23(4-2)15-9-7-13(8-10-15)19-17-12-11-16(21-22-17)18(24)20-14-5-6-14/h7-12,14H,3-6H2,1-2H3,(H,19,22)(H,20,24). The highest BCUT2D eigenvalue weighted by Gasteiger charge is 2.24. The highest BCUT2D eigenvalue weighted by atomic mass is 16.2. The molecule has 1 aromatic heterocycles. The van der Waals surface area contributed by atoms with Gasteiger partial charge in [-0.15, -0.1) is 10.2 Å². The lowest BCUT2D eigenvalue weighted by atomic mass is 10.2. The fourth-order valence-corrected chi connectivity index (χ4v) is 2.50. The van der Waals surface area contributed by atoms with E-state index < -0.39 is 0 Å². The first kappa shape index (κ1) is 16.2. The van der Waals surface area contributed by atoms with Crippen molar-refractivity contribution in [2.45, 2.75) is 32.7 Å². The molecule has 0 bridgehead atoms. The molecule has 1 saturated carbocycles. The van der Waals surface area contributed by atoms with E-state index in [-0.39, 0.29) is 5.91 Å². The van der Waals surface area contributed by atoms with Crippen molar-refractivity contribution in [3.8, 4) is 0 Å². The van der Waals surface area contributed by atoms with Crippen LogP contribution in [0, 0.1) is 0 Å². The number of aromatic nitrogens is 2. The molecule has 6 nitrogen and oxygen atoms in total. The number of rotatable bonds is 7. The molecule has 6 heteroatoms. The van der Waals surface area contributed by atoms with Crippen molar-refractivity contribution in [2.75, 3.05) is 23.3 Å². The van der Waals surface area contributed by atoms with E-state index in [9.17, 15) is 4.79 Å². The van der Waals surface area contributed by atoms with Crippen molar-refractivity contribution in [1.82, 2.24) is 15.5 Å². The van der Waals surface area contributed by atoms with Crippen molar-refractivity contribution < 1.29 is 4.79 Å². The first-order valence-corrected chi connectivity index (χ1v) is 8.46. The maximum atomic E-state index is 11.9. The van der Waals surface area contributed by atoms with Gasteiger partial charge in [-0.3, -0.25) is 4.79 Å². The predicted octanol–water partition coefficient (Wildman–Crippen LogP) is 2.96. The summed E-state index contributed by atoms with van der Waals surface area (Å²) in [7, 11) is 0. The molecule has 0 radical (unpaired) electrons. The van der Waals surface area contributed by atoms with Crippen LogP contribution in [0.15, 0.2) is 36.4 Å². The Balaban J connectivity index is 1.62. The molecule has 0 spiro atoms. The second-order valence-electron chi connectivity index (χ2n) is 5.90. The summed E-state index contributed by atoms with van der Waals surface area (Å²) in [6.45, 7) is 6.26. The minimum atomic E-state index is -0.153. The lowest BCUT2D eigenvalue weighted by molar-refractivity contribution is 0.0945. The molecule has 1 amide bonds. The van der Waals surface area contributed by atoms with Crippen LogP contribution >= 0.6 is 0 Å². The second kappa shape index (κ2) is 7.29. The SMILES string of the molecule is CCN(CC)c1ccc(Nc2ccc(C(=O)NC3CC3)nn2)cc1. The van der Waals surface area contributed by atoms with Gasteiger partial charge in [0.25, 0.3) is 5.91 Å². The molecule has 1 aromatic carbocycles. The van der Waals surface area contributed by atoms with Gasteiger partial charge in [0.1, 0.15) is 0 Å². The van der Waals surface area contributed by atoms with Crippen LogP contribution in [0.5, 0.6) is 0 Å². The summed E-state index contributed by atoms with van der Waals surface area (Å²) in [4.78, 5) is 14.2. The van der Waals surface area contributed by atoms with Crippen LogP contribution in [0.4, 0.5) is 17.2 Å². The summed E-state index contributed by atoms with van der Waals surface area (Å²) < 4.78 is 0. The zero-order valence-corrected chi connectivity index (χ0v) is 14.1. The Morgan fingerprint density at radius 3 is 2.33 bits per heavy atom. The van der Waals surface area contributed by atoms with Crippen LogP contribution in [0.3, 0.4) is 0 Å². The molecule has 1 heterocycles. The van der Waals surface area contributed by atoms with E-state index in [4.69, 9.17) is 0 Å². The molecule has 1 fully saturated rings. The summed E-state index contributed by atoms with van der Waals surface area (Å²) in [6, 6.07) is 12.0. The third kappa shape index (κ3) is 4.01. The molecule has 3 rings (SSSR count). The Labute approximate surface area is 142 Å². The number of anilines is 3. The van der Waals surface area contributed by atoms with Crippen molar-refractivity contribution >= 4 is 23.1 Å². The first-order valence-electron chi connectivity index (χ1n) is 8.46. The average molecular weight is 325 g/mol. The lowest BCUT2D eigenvalue weighted by Gasteiger charge is -2.21. The lowest BCUT2D eigenvalue weighted by Crippen LogP contribution is -2.26. The Hall–Kier alpha value is -2.63. The van der Waals surface area contributed by atoms with Gasteiger partial charge >= 0.3 is 0 Å². The topological polar surface area (TPSA) is 70.2 Å². The monoisotopic (exact) mass is 325 g/mol. The molecule has 24 heavy (non-hydrogen) atoms. The first-order chi connectivity index (χ1) is 11.7. The highest BCUT2D eigenvalue weighted by molar-refractivity contribution is 5.92. The summed E-state index contributed by atoms with van der Waals surface area (Å²) in [5, 5.41) is 14.2. The van der Waals surface area contributed by atoms with E-state index in [1.807, 2.05) is 12.1 Å². The molecule has 126 valence electrons. The molecule has 2 aromatic rings. The maximum absolute atomic E-state index is 11.9. The summed E-state index contributed by atoms with van der Waals surface area (Å²) in [5.74, 6) is 0.466. The Morgan fingerprint density at radius 1 is 1.08 bits per heavy atom.